The van der Waals surface area contributed by atoms with Crippen LogP contribution in [0.5, 0.6) is 0 Å². The molecule has 0 unspecified atom stereocenters. The van der Waals surface area contributed by atoms with Gasteiger partial charge in [0, 0.05) is 21.7 Å². The SMILES string of the molecule is Cc1ccc(-c2c(C)sc3ncnc(Nc4ccc(S(=O)(=O)Nc5onc(C)c5C)cc4)c23)cc1C. The molecule has 0 saturated heterocycles. The van der Waals surface area contributed by atoms with E-state index in [4.69, 9.17) is 4.52 Å². The van der Waals surface area contributed by atoms with Gasteiger partial charge in [-0.25, -0.2) is 23.1 Å². The number of fused-ring (bicyclic) bond motifs is 1. The van der Waals surface area contributed by atoms with Crippen molar-refractivity contribution in [2.24, 2.45) is 0 Å². The van der Waals surface area contributed by atoms with Crippen molar-refractivity contribution in [3.8, 4) is 11.1 Å². The van der Waals surface area contributed by atoms with E-state index >= 15 is 0 Å². The summed E-state index contributed by atoms with van der Waals surface area (Å²) in [6.45, 7) is 9.79. The second-order valence-electron chi connectivity index (χ2n) is 8.71. The minimum atomic E-state index is -3.83. The first-order valence-corrected chi connectivity index (χ1v) is 13.6. The number of nitrogens with one attached hydrogen (secondary N) is 2. The predicted octanol–water partition coefficient (Wildman–Crippen LogP) is 6.43. The fraction of sp³-hybridized carbons (Fsp3) is 0.192. The highest BCUT2D eigenvalue weighted by molar-refractivity contribution is 7.92. The monoisotopic (exact) mass is 519 g/mol. The van der Waals surface area contributed by atoms with Crippen LogP contribution < -0.4 is 10.0 Å². The number of benzene rings is 2. The number of aryl methyl sites for hydroxylation is 4. The van der Waals surface area contributed by atoms with Gasteiger partial charge in [-0.05, 0) is 75.6 Å². The summed E-state index contributed by atoms with van der Waals surface area (Å²) < 4.78 is 33.2. The Balaban J connectivity index is 1.47. The molecule has 0 aliphatic rings. The van der Waals surface area contributed by atoms with Crippen LogP contribution in [0.15, 0.2) is 58.2 Å². The Kier molecular flexibility index (Phi) is 6.01. The molecule has 0 bridgehead atoms. The van der Waals surface area contributed by atoms with E-state index in [0.717, 1.165) is 26.2 Å². The Morgan fingerprint density at radius 3 is 2.33 bits per heavy atom. The zero-order valence-corrected chi connectivity index (χ0v) is 22.1. The van der Waals surface area contributed by atoms with Crippen LogP contribution in [0.3, 0.4) is 0 Å². The zero-order valence-electron chi connectivity index (χ0n) is 20.5. The molecule has 10 heteroatoms. The van der Waals surface area contributed by atoms with Gasteiger partial charge in [0.2, 0.25) is 5.88 Å². The van der Waals surface area contributed by atoms with Crippen LogP contribution in [0.4, 0.5) is 17.4 Å². The van der Waals surface area contributed by atoms with E-state index in [-0.39, 0.29) is 10.8 Å². The van der Waals surface area contributed by atoms with E-state index in [1.54, 1.807) is 37.3 Å². The van der Waals surface area contributed by atoms with Crippen LogP contribution in [-0.4, -0.2) is 23.5 Å². The molecule has 0 radical (unpaired) electrons. The quantitative estimate of drug-likeness (QED) is 0.266. The first-order chi connectivity index (χ1) is 17.1. The van der Waals surface area contributed by atoms with Crippen molar-refractivity contribution in [1.82, 2.24) is 15.1 Å². The van der Waals surface area contributed by atoms with Crippen LogP contribution in [0.2, 0.25) is 0 Å². The van der Waals surface area contributed by atoms with Crippen LogP contribution in [0, 0.1) is 34.6 Å². The summed E-state index contributed by atoms with van der Waals surface area (Å²) in [5.41, 5.74) is 6.66. The van der Waals surface area contributed by atoms with Gasteiger partial charge in [0.1, 0.15) is 17.0 Å². The summed E-state index contributed by atoms with van der Waals surface area (Å²) in [6, 6.07) is 12.9. The Bertz CT molecular complexity index is 1700. The van der Waals surface area contributed by atoms with Gasteiger partial charge in [0.15, 0.2) is 0 Å². The number of hydrogen-bond donors (Lipinski definition) is 2. The average molecular weight is 520 g/mol. The molecule has 3 aromatic heterocycles. The number of thiophene rings is 1. The summed E-state index contributed by atoms with van der Waals surface area (Å²) in [5, 5.41) is 8.09. The molecule has 2 N–H and O–H groups in total. The lowest BCUT2D eigenvalue weighted by molar-refractivity contribution is 0.430. The highest BCUT2D eigenvalue weighted by Gasteiger charge is 2.20. The summed E-state index contributed by atoms with van der Waals surface area (Å²) in [4.78, 5) is 11.2. The van der Waals surface area contributed by atoms with Crippen molar-refractivity contribution < 1.29 is 12.9 Å². The fourth-order valence-electron chi connectivity index (χ4n) is 3.93. The van der Waals surface area contributed by atoms with Crippen LogP contribution in [0.25, 0.3) is 21.3 Å². The number of sulfonamides is 1. The number of hydrogen-bond acceptors (Lipinski definition) is 8. The third-order valence-electron chi connectivity index (χ3n) is 6.27. The van der Waals surface area contributed by atoms with Crippen molar-refractivity contribution >= 4 is 49.0 Å². The largest absolute Gasteiger partial charge is 0.340 e. The molecule has 0 atom stereocenters. The van der Waals surface area contributed by atoms with E-state index in [9.17, 15) is 8.42 Å². The molecule has 8 nitrogen and oxygen atoms in total. The van der Waals surface area contributed by atoms with Crippen molar-refractivity contribution in [1.29, 1.82) is 0 Å². The molecule has 5 aromatic rings. The second-order valence-corrected chi connectivity index (χ2v) is 11.6. The van der Waals surface area contributed by atoms with Gasteiger partial charge in [-0.1, -0.05) is 23.4 Å². The molecule has 0 saturated carbocycles. The van der Waals surface area contributed by atoms with E-state index < -0.39 is 10.0 Å². The zero-order chi connectivity index (χ0) is 25.6. The van der Waals surface area contributed by atoms with Gasteiger partial charge in [-0.3, -0.25) is 0 Å². The molecule has 0 amide bonds. The van der Waals surface area contributed by atoms with E-state index in [0.29, 0.717) is 22.8 Å². The van der Waals surface area contributed by atoms with Gasteiger partial charge in [0.05, 0.1) is 16.0 Å². The molecule has 0 spiro atoms. The fourth-order valence-corrected chi connectivity index (χ4v) is 5.99. The van der Waals surface area contributed by atoms with Crippen molar-refractivity contribution in [2.45, 2.75) is 39.5 Å². The van der Waals surface area contributed by atoms with Crippen LogP contribution in [0.1, 0.15) is 27.3 Å². The first-order valence-electron chi connectivity index (χ1n) is 11.3. The maximum atomic E-state index is 12.8. The minimum Gasteiger partial charge on any atom is -0.340 e. The van der Waals surface area contributed by atoms with Crippen molar-refractivity contribution in [3.63, 3.8) is 0 Å². The lowest BCUT2D eigenvalue weighted by Gasteiger charge is -2.11. The maximum Gasteiger partial charge on any atom is 0.264 e. The van der Waals surface area contributed by atoms with E-state index in [2.05, 4.69) is 64.1 Å². The number of aromatic nitrogens is 3. The molecule has 2 aromatic carbocycles. The van der Waals surface area contributed by atoms with Gasteiger partial charge in [-0.2, -0.15) is 0 Å². The normalized spacial score (nSPS) is 11.7. The van der Waals surface area contributed by atoms with E-state index in [1.807, 2.05) is 0 Å². The Hall–Kier alpha value is -3.76. The standard InChI is InChI=1S/C26H25N5O3S2/c1-14-6-7-19(12-15(14)2)22-18(5)35-26-23(22)24(27-13-28-26)29-20-8-10-21(11-9-20)36(32,33)31-25-16(3)17(4)30-34-25/h6-13,31H,1-5H3,(H,27,28,29). The third-order valence-corrected chi connectivity index (χ3v) is 8.63. The Labute approximate surface area is 213 Å². The lowest BCUT2D eigenvalue weighted by atomic mass is 9.99. The molecule has 5 rings (SSSR count). The van der Waals surface area contributed by atoms with Gasteiger partial charge >= 0.3 is 0 Å². The van der Waals surface area contributed by atoms with E-state index in [1.165, 1.54) is 29.6 Å². The molecular formula is C26H25N5O3S2. The minimum absolute atomic E-state index is 0.108. The average Bonchev–Trinajstić information content (AvgIpc) is 3.35. The Morgan fingerprint density at radius 1 is 0.917 bits per heavy atom. The molecule has 0 fully saturated rings. The summed E-state index contributed by atoms with van der Waals surface area (Å²) in [6.07, 6.45) is 1.54. The van der Waals surface area contributed by atoms with Gasteiger partial charge in [-0.15, -0.1) is 11.3 Å². The molecule has 36 heavy (non-hydrogen) atoms. The predicted molar refractivity (Wildman–Crippen MR) is 144 cm³/mol. The molecule has 0 aliphatic heterocycles. The highest BCUT2D eigenvalue weighted by Crippen LogP contribution is 2.41. The highest BCUT2D eigenvalue weighted by atomic mass is 32.2. The molecular weight excluding hydrogens is 494 g/mol. The summed E-state index contributed by atoms with van der Waals surface area (Å²) in [7, 11) is -3.83. The number of nitrogens with zero attached hydrogens (tertiary/aromatic N) is 3. The first kappa shape index (κ1) is 24.0. The summed E-state index contributed by atoms with van der Waals surface area (Å²) >= 11 is 1.63. The maximum absolute atomic E-state index is 12.8. The molecule has 3 heterocycles. The smallest absolute Gasteiger partial charge is 0.264 e. The lowest BCUT2D eigenvalue weighted by Crippen LogP contribution is -2.13. The second kappa shape index (κ2) is 9.03. The number of anilines is 3. The Morgan fingerprint density at radius 2 is 1.67 bits per heavy atom. The van der Waals surface area contributed by atoms with Crippen molar-refractivity contribution in [3.05, 3.63) is 76.1 Å². The topological polar surface area (TPSA) is 110 Å². The van der Waals surface area contributed by atoms with Gasteiger partial charge in [0.25, 0.3) is 10.0 Å². The van der Waals surface area contributed by atoms with Crippen LogP contribution >= 0.6 is 11.3 Å². The third kappa shape index (κ3) is 4.33. The molecule has 0 aliphatic carbocycles. The number of rotatable bonds is 6. The van der Waals surface area contributed by atoms with Gasteiger partial charge < -0.3 is 9.84 Å². The molecule has 184 valence electrons. The van der Waals surface area contributed by atoms with Crippen molar-refractivity contribution in [2.75, 3.05) is 10.0 Å². The van der Waals surface area contributed by atoms with Crippen LogP contribution in [-0.2, 0) is 10.0 Å². The summed E-state index contributed by atoms with van der Waals surface area (Å²) in [5.74, 6) is 0.781.